The van der Waals surface area contributed by atoms with E-state index < -0.39 is 0 Å². The van der Waals surface area contributed by atoms with Crippen molar-refractivity contribution in [2.45, 2.75) is 20.3 Å². The van der Waals surface area contributed by atoms with Crippen molar-refractivity contribution < 1.29 is 9.59 Å². The zero-order chi connectivity index (χ0) is 18.5. The molecule has 6 heteroatoms. The number of carbonyl (C=O) groups excluding carboxylic acids is 2. The molecule has 0 aliphatic rings. The third-order valence-corrected chi connectivity index (χ3v) is 4.91. The van der Waals surface area contributed by atoms with Gasteiger partial charge in [0.2, 0.25) is 11.8 Å². The van der Waals surface area contributed by atoms with Crippen LogP contribution >= 0.6 is 11.3 Å². The van der Waals surface area contributed by atoms with Gasteiger partial charge in [0.1, 0.15) is 5.01 Å². The van der Waals surface area contributed by atoms with Crippen LogP contribution < -0.4 is 10.6 Å². The molecule has 0 unspecified atom stereocenters. The van der Waals surface area contributed by atoms with Gasteiger partial charge in [0, 0.05) is 28.7 Å². The Morgan fingerprint density at radius 2 is 1.69 bits per heavy atom. The molecule has 132 valence electrons. The molecule has 5 nitrogen and oxygen atoms in total. The van der Waals surface area contributed by atoms with Crippen molar-refractivity contribution in [3.8, 4) is 10.6 Å². The fraction of sp³-hybridized carbons (Fsp3) is 0.150. The van der Waals surface area contributed by atoms with Gasteiger partial charge in [-0.2, -0.15) is 0 Å². The summed E-state index contributed by atoms with van der Waals surface area (Å²) < 4.78 is 0. The third-order valence-electron chi connectivity index (χ3n) is 3.70. The van der Waals surface area contributed by atoms with Crippen LogP contribution in [-0.2, 0) is 16.0 Å². The number of nitrogens with zero attached hydrogens (tertiary/aromatic N) is 1. The Labute approximate surface area is 156 Å². The predicted octanol–water partition coefficient (Wildman–Crippen LogP) is 4.26. The molecule has 0 saturated heterocycles. The molecule has 0 spiro atoms. The van der Waals surface area contributed by atoms with E-state index in [4.69, 9.17) is 0 Å². The largest absolute Gasteiger partial charge is 0.326 e. The molecular weight excluding hydrogens is 346 g/mol. The standard InChI is InChI=1S/C20H19N3O2S/c1-13-18(26-20(21-13)15-7-4-3-5-8-15)12-19(25)23-17-10-6-9-16(11-17)22-14(2)24/h3-11H,12H2,1-2H3,(H,22,24)(H,23,25). The van der Waals surface area contributed by atoms with Crippen LogP contribution in [0.1, 0.15) is 17.5 Å². The van der Waals surface area contributed by atoms with Crippen molar-refractivity contribution >= 4 is 34.5 Å². The number of hydrogen-bond acceptors (Lipinski definition) is 4. The topological polar surface area (TPSA) is 71.1 Å². The molecule has 0 radical (unpaired) electrons. The normalized spacial score (nSPS) is 10.4. The van der Waals surface area contributed by atoms with E-state index in [1.165, 1.54) is 18.3 Å². The first-order chi connectivity index (χ1) is 12.5. The zero-order valence-electron chi connectivity index (χ0n) is 14.6. The minimum Gasteiger partial charge on any atom is -0.326 e. The zero-order valence-corrected chi connectivity index (χ0v) is 15.4. The van der Waals surface area contributed by atoms with Crippen molar-refractivity contribution in [1.82, 2.24) is 4.98 Å². The Balaban J connectivity index is 1.69. The SMILES string of the molecule is CC(=O)Nc1cccc(NC(=O)Cc2sc(-c3ccccc3)nc2C)c1. The molecule has 1 heterocycles. The maximum absolute atomic E-state index is 12.4. The second-order valence-corrected chi connectivity index (χ2v) is 6.96. The highest BCUT2D eigenvalue weighted by Gasteiger charge is 2.13. The molecule has 26 heavy (non-hydrogen) atoms. The second-order valence-electron chi connectivity index (χ2n) is 5.88. The first kappa shape index (κ1) is 17.8. The summed E-state index contributed by atoms with van der Waals surface area (Å²) in [6.07, 6.45) is 0.265. The molecule has 0 saturated carbocycles. The van der Waals surface area contributed by atoms with Crippen LogP contribution in [0.4, 0.5) is 11.4 Å². The summed E-state index contributed by atoms with van der Waals surface area (Å²) in [5, 5.41) is 6.48. The lowest BCUT2D eigenvalue weighted by atomic mass is 10.2. The van der Waals surface area contributed by atoms with Crippen molar-refractivity contribution in [1.29, 1.82) is 0 Å². The van der Waals surface area contributed by atoms with Crippen LogP contribution in [0.2, 0.25) is 0 Å². The first-order valence-corrected chi connectivity index (χ1v) is 9.02. The summed E-state index contributed by atoms with van der Waals surface area (Å²) in [6, 6.07) is 17.0. The van der Waals surface area contributed by atoms with Crippen LogP contribution in [-0.4, -0.2) is 16.8 Å². The van der Waals surface area contributed by atoms with Crippen molar-refractivity contribution in [3.63, 3.8) is 0 Å². The van der Waals surface area contributed by atoms with Crippen LogP contribution in [0.3, 0.4) is 0 Å². The number of carbonyl (C=O) groups is 2. The van der Waals surface area contributed by atoms with Gasteiger partial charge in [0.15, 0.2) is 0 Å². The number of hydrogen-bond donors (Lipinski definition) is 2. The van der Waals surface area contributed by atoms with Crippen LogP contribution in [0.25, 0.3) is 10.6 Å². The lowest BCUT2D eigenvalue weighted by molar-refractivity contribution is -0.115. The van der Waals surface area contributed by atoms with E-state index >= 15 is 0 Å². The molecule has 3 rings (SSSR count). The molecule has 0 fully saturated rings. The Hall–Kier alpha value is -2.99. The van der Waals surface area contributed by atoms with Gasteiger partial charge in [0.05, 0.1) is 12.1 Å². The van der Waals surface area contributed by atoms with Gasteiger partial charge in [-0.1, -0.05) is 36.4 Å². The van der Waals surface area contributed by atoms with Crippen molar-refractivity contribution in [2.24, 2.45) is 0 Å². The Morgan fingerprint density at radius 1 is 1.00 bits per heavy atom. The molecule has 2 aromatic carbocycles. The lowest BCUT2D eigenvalue weighted by Crippen LogP contribution is -2.14. The summed E-state index contributed by atoms with van der Waals surface area (Å²) in [5.74, 6) is -0.265. The summed E-state index contributed by atoms with van der Waals surface area (Å²) in [4.78, 5) is 29.1. The molecule has 2 N–H and O–H groups in total. The van der Waals surface area contributed by atoms with Crippen LogP contribution in [0.5, 0.6) is 0 Å². The monoisotopic (exact) mass is 365 g/mol. The summed E-state index contributed by atoms with van der Waals surface area (Å²) in [5.41, 5.74) is 3.22. The van der Waals surface area contributed by atoms with E-state index in [0.717, 1.165) is 21.1 Å². The van der Waals surface area contributed by atoms with Gasteiger partial charge in [-0.3, -0.25) is 9.59 Å². The smallest absolute Gasteiger partial charge is 0.229 e. The van der Waals surface area contributed by atoms with Gasteiger partial charge in [-0.15, -0.1) is 11.3 Å². The number of nitrogens with one attached hydrogen (secondary N) is 2. The Kier molecular flexibility index (Phi) is 5.43. The van der Waals surface area contributed by atoms with Crippen molar-refractivity contribution in [3.05, 3.63) is 65.2 Å². The lowest BCUT2D eigenvalue weighted by Gasteiger charge is -2.07. The first-order valence-electron chi connectivity index (χ1n) is 8.20. The molecule has 2 amide bonds. The van der Waals surface area contributed by atoms with Crippen molar-refractivity contribution in [2.75, 3.05) is 10.6 Å². The Morgan fingerprint density at radius 3 is 2.38 bits per heavy atom. The highest BCUT2D eigenvalue weighted by atomic mass is 32.1. The number of anilines is 2. The third kappa shape index (κ3) is 4.55. The number of benzene rings is 2. The highest BCUT2D eigenvalue weighted by Crippen LogP contribution is 2.28. The number of aryl methyl sites for hydroxylation is 1. The molecule has 0 aliphatic heterocycles. The fourth-order valence-electron chi connectivity index (χ4n) is 2.53. The highest BCUT2D eigenvalue weighted by molar-refractivity contribution is 7.15. The summed E-state index contributed by atoms with van der Waals surface area (Å²) in [6.45, 7) is 3.37. The van der Waals surface area contributed by atoms with Gasteiger partial charge < -0.3 is 10.6 Å². The van der Waals surface area contributed by atoms with Crippen LogP contribution in [0, 0.1) is 6.92 Å². The van der Waals surface area contributed by atoms with E-state index in [1.807, 2.05) is 37.3 Å². The number of rotatable bonds is 5. The minimum atomic E-state index is -0.151. The minimum absolute atomic E-state index is 0.115. The number of aromatic nitrogens is 1. The van der Waals surface area contributed by atoms with E-state index in [0.29, 0.717) is 11.4 Å². The molecule has 0 atom stereocenters. The fourth-order valence-corrected chi connectivity index (χ4v) is 3.59. The molecule has 1 aromatic heterocycles. The molecular formula is C20H19N3O2S. The van der Waals surface area contributed by atoms with Gasteiger partial charge in [0.25, 0.3) is 0 Å². The van der Waals surface area contributed by atoms with E-state index in [2.05, 4.69) is 15.6 Å². The second kappa shape index (κ2) is 7.93. The van der Waals surface area contributed by atoms with Gasteiger partial charge in [-0.05, 0) is 25.1 Å². The Bertz CT molecular complexity index is 935. The van der Waals surface area contributed by atoms with Gasteiger partial charge >= 0.3 is 0 Å². The van der Waals surface area contributed by atoms with Gasteiger partial charge in [-0.25, -0.2) is 4.98 Å². The quantitative estimate of drug-likeness (QED) is 0.710. The summed E-state index contributed by atoms with van der Waals surface area (Å²) >= 11 is 1.53. The summed E-state index contributed by atoms with van der Waals surface area (Å²) in [7, 11) is 0. The molecule has 0 bridgehead atoms. The maximum Gasteiger partial charge on any atom is 0.229 e. The molecule has 3 aromatic rings. The van der Waals surface area contributed by atoms with E-state index in [9.17, 15) is 9.59 Å². The predicted molar refractivity (Wildman–Crippen MR) is 105 cm³/mol. The number of thiazole rings is 1. The van der Waals surface area contributed by atoms with E-state index in [-0.39, 0.29) is 18.2 Å². The van der Waals surface area contributed by atoms with Crippen LogP contribution in [0.15, 0.2) is 54.6 Å². The number of amides is 2. The maximum atomic E-state index is 12.4. The molecule has 0 aliphatic carbocycles. The average molecular weight is 365 g/mol. The average Bonchev–Trinajstić information content (AvgIpc) is 2.96. The van der Waals surface area contributed by atoms with E-state index in [1.54, 1.807) is 24.3 Å².